The Morgan fingerprint density at radius 1 is 1.10 bits per heavy atom. The summed E-state index contributed by atoms with van der Waals surface area (Å²) in [7, 11) is 0. The van der Waals surface area contributed by atoms with Gasteiger partial charge < -0.3 is 5.32 Å². The molecule has 3 aliphatic rings. The van der Waals surface area contributed by atoms with Crippen molar-refractivity contribution < 1.29 is 0 Å². The smallest absolute Gasteiger partial charge is 0.00884 e. The first-order valence-corrected chi connectivity index (χ1v) is 8.95. The molecule has 0 amide bonds. The van der Waals surface area contributed by atoms with Crippen LogP contribution in [0.25, 0.3) is 0 Å². The maximum absolute atomic E-state index is 3.82. The summed E-state index contributed by atoms with van der Waals surface area (Å²) in [6.45, 7) is 5.78. The van der Waals surface area contributed by atoms with E-state index in [0.717, 1.165) is 11.5 Å². The molecule has 21 heavy (non-hydrogen) atoms. The van der Waals surface area contributed by atoms with E-state index in [0.29, 0.717) is 11.3 Å². The summed E-state index contributed by atoms with van der Waals surface area (Å²) in [5, 5.41) is 3.82. The summed E-state index contributed by atoms with van der Waals surface area (Å²) >= 11 is 0. The van der Waals surface area contributed by atoms with E-state index in [1.54, 1.807) is 5.56 Å². The van der Waals surface area contributed by atoms with Gasteiger partial charge >= 0.3 is 0 Å². The minimum Gasteiger partial charge on any atom is -0.313 e. The topological polar surface area (TPSA) is 12.0 Å². The Morgan fingerprint density at radius 3 is 2.24 bits per heavy atom. The molecule has 0 saturated heterocycles. The number of benzene rings is 1. The van der Waals surface area contributed by atoms with Crippen molar-refractivity contribution in [3.63, 3.8) is 0 Å². The summed E-state index contributed by atoms with van der Waals surface area (Å²) in [5.74, 6) is 0.638. The molecule has 0 bridgehead atoms. The van der Waals surface area contributed by atoms with E-state index in [1.165, 1.54) is 57.1 Å². The number of hydrogen-bond donors (Lipinski definition) is 1. The van der Waals surface area contributed by atoms with Crippen molar-refractivity contribution in [2.45, 2.75) is 76.2 Å². The van der Waals surface area contributed by atoms with Crippen LogP contribution in [0.2, 0.25) is 0 Å². The highest BCUT2D eigenvalue weighted by molar-refractivity contribution is 5.35. The summed E-state index contributed by atoms with van der Waals surface area (Å²) < 4.78 is 0. The lowest BCUT2D eigenvalue weighted by Gasteiger charge is -2.62. The summed E-state index contributed by atoms with van der Waals surface area (Å²) in [5.41, 5.74) is 4.25. The van der Waals surface area contributed by atoms with Gasteiger partial charge in [-0.05, 0) is 61.0 Å². The molecule has 3 fully saturated rings. The fourth-order valence-corrected chi connectivity index (χ4v) is 4.69. The van der Waals surface area contributed by atoms with E-state index in [9.17, 15) is 0 Å². The van der Waals surface area contributed by atoms with Gasteiger partial charge in [0, 0.05) is 18.0 Å². The van der Waals surface area contributed by atoms with Crippen LogP contribution in [-0.4, -0.2) is 12.6 Å². The Bertz CT molecular complexity index is 497. The van der Waals surface area contributed by atoms with Crippen molar-refractivity contribution in [2.75, 3.05) is 6.54 Å². The summed E-state index contributed by atoms with van der Waals surface area (Å²) in [4.78, 5) is 0. The molecule has 1 heteroatoms. The molecule has 3 aliphatic carbocycles. The normalized spacial score (nSPS) is 25.7. The van der Waals surface area contributed by atoms with Crippen LogP contribution in [0.5, 0.6) is 0 Å². The lowest BCUT2D eigenvalue weighted by molar-refractivity contribution is -0.0484. The van der Waals surface area contributed by atoms with Crippen molar-refractivity contribution in [1.82, 2.24) is 5.32 Å². The van der Waals surface area contributed by atoms with E-state index < -0.39 is 0 Å². The number of hydrogen-bond acceptors (Lipinski definition) is 1. The number of rotatable bonds is 5. The highest BCUT2D eigenvalue weighted by Crippen LogP contribution is 2.64. The predicted octanol–water partition coefficient (Wildman–Crippen LogP) is 4.76. The van der Waals surface area contributed by atoms with Crippen molar-refractivity contribution >= 4 is 0 Å². The molecule has 4 rings (SSSR count). The van der Waals surface area contributed by atoms with Crippen LogP contribution >= 0.6 is 0 Å². The zero-order chi connectivity index (χ0) is 14.5. The van der Waals surface area contributed by atoms with Gasteiger partial charge in [0.1, 0.15) is 0 Å². The highest BCUT2D eigenvalue weighted by Gasteiger charge is 2.57. The molecule has 0 heterocycles. The Hall–Kier alpha value is -0.820. The Morgan fingerprint density at radius 2 is 1.76 bits per heavy atom. The van der Waals surface area contributed by atoms with E-state index in [2.05, 4.69) is 43.4 Å². The molecular formula is C20H29N. The van der Waals surface area contributed by atoms with Crippen LogP contribution in [0.4, 0.5) is 0 Å². The zero-order valence-corrected chi connectivity index (χ0v) is 13.6. The SMILES string of the molecule is CC(C)c1ccc(C2(CNC3CC3)CC3(CCC3)C2)cc1. The van der Waals surface area contributed by atoms with Gasteiger partial charge in [0.2, 0.25) is 0 Å². The van der Waals surface area contributed by atoms with Gasteiger partial charge in [0.15, 0.2) is 0 Å². The quantitative estimate of drug-likeness (QED) is 0.821. The third-order valence-corrected chi connectivity index (χ3v) is 6.34. The summed E-state index contributed by atoms with van der Waals surface area (Å²) in [6, 6.07) is 10.4. The first kappa shape index (κ1) is 13.8. The molecule has 0 aromatic heterocycles. The Kier molecular flexibility index (Phi) is 3.19. The van der Waals surface area contributed by atoms with Crippen LogP contribution in [0, 0.1) is 5.41 Å². The van der Waals surface area contributed by atoms with Crippen molar-refractivity contribution in [2.24, 2.45) is 5.41 Å². The van der Waals surface area contributed by atoms with Gasteiger partial charge in [-0.1, -0.05) is 44.5 Å². The minimum absolute atomic E-state index is 0.443. The number of nitrogens with one attached hydrogen (secondary N) is 1. The molecular weight excluding hydrogens is 254 g/mol. The average Bonchev–Trinajstić information content (AvgIpc) is 3.20. The standard InChI is InChI=1S/C20H29N/c1-15(2)16-4-6-17(7-5-16)20(14-21-18-8-9-18)12-19(13-20)10-3-11-19/h4-7,15,18,21H,3,8-14H2,1-2H3. The van der Waals surface area contributed by atoms with Crippen LogP contribution in [0.15, 0.2) is 24.3 Å². The van der Waals surface area contributed by atoms with E-state index in [4.69, 9.17) is 0 Å². The van der Waals surface area contributed by atoms with Crippen LogP contribution in [0.1, 0.15) is 75.8 Å². The fraction of sp³-hybridized carbons (Fsp3) is 0.700. The molecule has 0 atom stereocenters. The molecule has 1 N–H and O–H groups in total. The van der Waals surface area contributed by atoms with E-state index in [-0.39, 0.29) is 0 Å². The third kappa shape index (κ3) is 2.44. The van der Waals surface area contributed by atoms with Crippen molar-refractivity contribution in [1.29, 1.82) is 0 Å². The largest absolute Gasteiger partial charge is 0.313 e. The van der Waals surface area contributed by atoms with Crippen LogP contribution in [-0.2, 0) is 5.41 Å². The van der Waals surface area contributed by atoms with Gasteiger partial charge in [-0.15, -0.1) is 0 Å². The van der Waals surface area contributed by atoms with E-state index >= 15 is 0 Å². The molecule has 0 radical (unpaired) electrons. The molecule has 3 saturated carbocycles. The van der Waals surface area contributed by atoms with Gasteiger partial charge in [-0.2, -0.15) is 0 Å². The first-order chi connectivity index (χ1) is 10.1. The molecule has 1 spiro atoms. The maximum Gasteiger partial charge on any atom is 0.00884 e. The van der Waals surface area contributed by atoms with Gasteiger partial charge in [0.25, 0.3) is 0 Å². The monoisotopic (exact) mass is 283 g/mol. The molecule has 1 nitrogen and oxygen atoms in total. The Labute approximate surface area is 129 Å². The van der Waals surface area contributed by atoms with Crippen molar-refractivity contribution in [3.8, 4) is 0 Å². The summed E-state index contributed by atoms with van der Waals surface area (Å²) in [6.07, 6.45) is 10.1. The predicted molar refractivity (Wildman–Crippen MR) is 88.8 cm³/mol. The van der Waals surface area contributed by atoms with Gasteiger partial charge in [-0.3, -0.25) is 0 Å². The third-order valence-electron chi connectivity index (χ3n) is 6.34. The minimum atomic E-state index is 0.443. The van der Waals surface area contributed by atoms with Gasteiger partial charge in [0.05, 0.1) is 0 Å². The van der Waals surface area contributed by atoms with Crippen LogP contribution in [0.3, 0.4) is 0 Å². The molecule has 1 aromatic rings. The van der Waals surface area contributed by atoms with Crippen LogP contribution < -0.4 is 5.32 Å². The molecule has 1 aromatic carbocycles. The van der Waals surface area contributed by atoms with Gasteiger partial charge in [-0.25, -0.2) is 0 Å². The second kappa shape index (κ2) is 4.84. The highest BCUT2D eigenvalue weighted by atomic mass is 15.0. The lowest BCUT2D eigenvalue weighted by atomic mass is 9.43. The average molecular weight is 283 g/mol. The lowest BCUT2D eigenvalue weighted by Crippen LogP contribution is -2.57. The first-order valence-electron chi connectivity index (χ1n) is 8.95. The Balaban J connectivity index is 1.53. The molecule has 0 aliphatic heterocycles. The van der Waals surface area contributed by atoms with Crippen molar-refractivity contribution in [3.05, 3.63) is 35.4 Å². The fourth-order valence-electron chi connectivity index (χ4n) is 4.69. The van der Waals surface area contributed by atoms with E-state index in [1.807, 2.05) is 0 Å². The molecule has 0 unspecified atom stereocenters. The second-order valence-corrected chi connectivity index (χ2v) is 8.42. The second-order valence-electron chi connectivity index (χ2n) is 8.42. The maximum atomic E-state index is 3.82. The molecule has 114 valence electrons. The zero-order valence-electron chi connectivity index (χ0n) is 13.6.